The van der Waals surface area contributed by atoms with E-state index in [4.69, 9.17) is 0 Å². The Kier molecular flexibility index (Phi) is 6.32. The van der Waals surface area contributed by atoms with Crippen LogP contribution in [0.25, 0.3) is 16.5 Å². The monoisotopic (exact) mass is 436 g/mol. The van der Waals surface area contributed by atoms with Gasteiger partial charge in [0.1, 0.15) is 0 Å². The molecule has 1 heterocycles. The van der Waals surface area contributed by atoms with Gasteiger partial charge in [0.05, 0.1) is 5.52 Å². The number of Topliss-reactive ketones (excluding diaryl/α,β-unsaturated/α-hetero) is 1. The number of amides is 1. The van der Waals surface area contributed by atoms with Crippen LogP contribution in [-0.4, -0.2) is 28.2 Å². The SMILES string of the molecule is CC#CC(=O)N(CC)c1cccc(Nc2ncc3cc(C4=C(C)C=CCC4=O)ccc3n2)c1. The predicted molar refractivity (Wildman–Crippen MR) is 132 cm³/mol. The average molecular weight is 437 g/mol. The minimum Gasteiger partial charge on any atom is -0.324 e. The second-order valence-electron chi connectivity index (χ2n) is 7.65. The fourth-order valence-corrected chi connectivity index (χ4v) is 3.88. The Balaban J connectivity index is 1.60. The van der Waals surface area contributed by atoms with Gasteiger partial charge >= 0.3 is 5.91 Å². The van der Waals surface area contributed by atoms with E-state index in [0.29, 0.717) is 18.9 Å². The highest BCUT2D eigenvalue weighted by atomic mass is 16.2. The smallest absolute Gasteiger partial charge is 0.302 e. The zero-order valence-electron chi connectivity index (χ0n) is 18.8. The first-order chi connectivity index (χ1) is 16.0. The van der Waals surface area contributed by atoms with Crippen molar-refractivity contribution in [1.82, 2.24) is 9.97 Å². The molecule has 164 valence electrons. The summed E-state index contributed by atoms with van der Waals surface area (Å²) in [7, 11) is 0. The molecule has 2 aromatic carbocycles. The summed E-state index contributed by atoms with van der Waals surface area (Å²) < 4.78 is 0. The molecule has 6 nitrogen and oxygen atoms in total. The van der Waals surface area contributed by atoms with Crippen molar-refractivity contribution in [1.29, 1.82) is 0 Å². The van der Waals surface area contributed by atoms with Gasteiger partial charge in [-0.1, -0.05) is 30.2 Å². The van der Waals surface area contributed by atoms with Gasteiger partial charge in [0, 0.05) is 41.5 Å². The zero-order valence-corrected chi connectivity index (χ0v) is 18.8. The third kappa shape index (κ3) is 4.68. The molecule has 1 aliphatic carbocycles. The molecule has 1 N–H and O–H groups in total. The molecule has 0 saturated carbocycles. The van der Waals surface area contributed by atoms with Crippen LogP contribution in [0.1, 0.15) is 32.8 Å². The van der Waals surface area contributed by atoms with Crippen LogP contribution in [-0.2, 0) is 9.59 Å². The number of hydrogen-bond donors (Lipinski definition) is 1. The molecule has 0 aliphatic heterocycles. The highest BCUT2D eigenvalue weighted by molar-refractivity contribution is 6.23. The lowest BCUT2D eigenvalue weighted by molar-refractivity contribution is -0.114. The Morgan fingerprint density at radius 3 is 2.82 bits per heavy atom. The maximum atomic E-state index is 12.4. The van der Waals surface area contributed by atoms with E-state index in [2.05, 4.69) is 27.1 Å². The lowest BCUT2D eigenvalue weighted by Crippen LogP contribution is -2.29. The van der Waals surface area contributed by atoms with Gasteiger partial charge in [-0.15, -0.1) is 0 Å². The molecular formula is C27H24N4O2. The molecule has 4 rings (SSSR count). The highest BCUT2D eigenvalue weighted by Gasteiger charge is 2.17. The van der Waals surface area contributed by atoms with Crippen LogP contribution < -0.4 is 10.2 Å². The largest absolute Gasteiger partial charge is 0.324 e. The standard InChI is InChI=1S/C27H24N4O2/c1-4-8-25(33)31(5-2)22-11-7-10-21(16-22)29-27-28-17-20-15-19(13-14-23(20)30-27)26-18(3)9-6-12-24(26)32/h6-7,9-11,13-17H,5,12H2,1-3H3,(H,28,29,30). The Morgan fingerprint density at radius 1 is 1.21 bits per heavy atom. The first-order valence-corrected chi connectivity index (χ1v) is 10.8. The molecule has 33 heavy (non-hydrogen) atoms. The van der Waals surface area contributed by atoms with E-state index in [1.165, 1.54) is 0 Å². The quantitative estimate of drug-likeness (QED) is 0.567. The number of carbonyl (C=O) groups is 2. The topological polar surface area (TPSA) is 75.2 Å². The summed E-state index contributed by atoms with van der Waals surface area (Å²) in [6.45, 7) is 6.02. The number of fused-ring (bicyclic) bond motifs is 1. The van der Waals surface area contributed by atoms with E-state index < -0.39 is 0 Å². The van der Waals surface area contributed by atoms with Crippen LogP contribution in [0, 0.1) is 11.8 Å². The molecule has 1 aliphatic rings. The molecule has 1 amide bonds. The molecule has 0 fully saturated rings. The van der Waals surface area contributed by atoms with Crippen molar-refractivity contribution in [2.45, 2.75) is 27.2 Å². The second kappa shape index (κ2) is 9.49. The molecule has 1 aromatic heterocycles. The van der Waals surface area contributed by atoms with Crippen molar-refractivity contribution >= 4 is 45.5 Å². The lowest BCUT2D eigenvalue weighted by Gasteiger charge is -2.19. The van der Waals surface area contributed by atoms with Crippen molar-refractivity contribution in [2.75, 3.05) is 16.8 Å². The molecule has 0 bridgehead atoms. The summed E-state index contributed by atoms with van der Waals surface area (Å²) in [4.78, 5) is 35.3. The number of anilines is 3. The summed E-state index contributed by atoms with van der Waals surface area (Å²) in [6.07, 6.45) is 6.05. The number of aromatic nitrogens is 2. The van der Waals surface area contributed by atoms with Crippen molar-refractivity contribution in [3.05, 3.63) is 72.0 Å². The number of benzene rings is 2. The van der Waals surface area contributed by atoms with Gasteiger partial charge in [-0.3, -0.25) is 9.59 Å². The van der Waals surface area contributed by atoms with Crippen molar-refractivity contribution in [3.8, 4) is 11.8 Å². The Morgan fingerprint density at radius 2 is 2.06 bits per heavy atom. The van der Waals surface area contributed by atoms with Crippen molar-refractivity contribution < 1.29 is 9.59 Å². The number of rotatable bonds is 5. The minimum atomic E-state index is -0.243. The summed E-state index contributed by atoms with van der Waals surface area (Å²) in [6, 6.07) is 13.3. The predicted octanol–water partition coefficient (Wildman–Crippen LogP) is 5.05. The Bertz CT molecular complexity index is 1380. The third-order valence-corrected chi connectivity index (χ3v) is 5.42. The van der Waals surface area contributed by atoms with Gasteiger partial charge < -0.3 is 10.2 Å². The van der Waals surface area contributed by atoms with Gasteiger partial charge in [0.15, 0.2) is 5.78 Å². The molecule has 0 radical (unpaired) electrons. The van der Waals surface area contributed by atoms with E-state index in [-0.39, 0.29) is 11.7 Å². The molecule has 0 atom stereocenters. The molecule has 0 unspecified atom stereocenters. The number of hydrogen-bond acceptors (Lipinski definition) is 5. The van der Waals surface area contributed by atoms with E-state index in [1.54, 1.807) is 18.0 Å². The van der Waals surface area contributed by atoms with Crippen LogP contribution in [0.3, 0.4) is 0 Å². The van der Waals surface area contributed by atoms with Gasteiger partial charge in [-0.25, -0.2) is 9.97 Å². The van der Waals surface area contributed by atoms with Crippen LogP contribution in [0.2, 0.25) is 0 Å². The normalized spacial score (nSPS) is 13.0. The number of nitrogens with zero attached hydrogens (tertiary/aromatic N) is 3. The van der Waals surface area contributed by atoms with E-state index >= 15 is 0 Å². The van der Waals surface area contributed by atoms with Crippen molar-refractivity contribution in [3.63, 3.8) is 0 Å². The van der Waals surface area contributed by atoms with Crippen LogP contribution in [0.15, 0.2) is 66.4 Å². The van der Waals surface area contributed by atoms with Gasteiger partial charge in [-0.05, 0) is 68.2 Å². The Hall–Kier alpha value is -4.24. The maximum Gasteiger partial charge on any atom is 0.302 e. The number of carbonyl (C=O) groups excluding carboxylic acids is 2. The van der Waals surface area contributed by atoms with Gasteiger partial charge in [-0.2, -0.15) is 0 Å². The minimum absolute atomic E-state index is 0.123. The van der Waals surface area contributed by atoms with Crippen molar-refractivity contribution in [2.24, 2.45) is 0 Å². The lowest BCUT2D eigenvalue weighted by atomic mass is 9.91. The summed E-state index contributed by atoms with van der Waals surface area (Å²) in [5.74, 6) is 5.56. The number of ketones is 1. The van der Waals surface area contributed by atoms with Gasteiger partial charge in [0.25, 0.3) is 0 Å². The summed E-state index contributed by atoms with van der Waals surface area (Å²) in [5, 5.41) is 4.07. The number of allylic oxidation sites excluding steroid dienone is 4. The van der Waals surface area contributed by atoms with E-state index in [9.17, 15) is 9.59 Å². The molecule has 6 heteroatoms. The third-order valence-electron chi connectivity index (χ3n) is 5.42. The highest BCUT2D eigenvalue weighted by Crippen LogP contribution is 2.28. The summed E-state index contributed by atoms with van der Waals surface area (Å²) in [5.41, 5.74) is 4.88. The maximum absolute atomic E-state index is 12.4. The number of nitrogens with one attached hydrogen (secondary N) is 1. The average Bonchev–Trinajstić information content (AvgIpc) is 2.80. The second-order valence-corrected chi connectivity index (χ2v) is 7.65. The fraction of sp³-hybridized carbons (Fsp3) is 0.185. The molecule has 3 aromatic rings. The molecule has 0 spiro atoms. The first kappa shape index (κ1) is 22.0. The summed E-state index contributed by atoms with van der Waals surface area (Å²) >= 11 is 0. The van der Waals surface area contributed by atoms with Crippen LogP contribution in [0.4, 0.5) is 17.3 Å². The Labute approximate surface area is 193 Å². The van der Waals surface area contributed by atoms with Gasteiger partial charge in [0.2, 0.25) is 5.95 Å². The van der Waals surface area contributed by atoms with Crippen LogP contribution >= 0.6 is 0 Å². The first-order valence-electron chi connectivity index (χ1n) is 10.8. The fourth-order valence-electron chi connectivity index (χ4n) is 3.88. The zero-order chi connectivity index (χ0) is 23.4. The van der Waals surface area contributed by atoms with Crippen LogP contribution in [0.5, 0.6) is 0 Å². The van der Waals surface area contributed by atoms with E-state index in [0.717, 1.165) is 39.0 Å². The molecule has 0 saturated heterocycles. The molecular weight excluding hydrogens is 412 g/mol. The van der Waals surface area contributed by atoms with E-state index in [1.807, 2.05) is 68.5 Å².